The highest BCUT2D eigenvalue weighted by molar-refractivity contribution is 5.88. The largest absolute Gasteiger partial charge is 0.493 e. The van der Waals surface area contributed by atoms with Crippen LogP contribution in [0.15, 0.2) is 72.8 Å². The molecule has 23 heavy (non-hydrogen) atoms. The van der Waals surface area contributed by atoms with Gasteiger partial charge in [0.1, 0.15) is 5.75 Å². The van der Waals surface area contributed by atoms with Crippen molar-refractivity contribution in [2.45, 2.75) is 12.5 Å². The molecule has 0 radical (unpaired) electrons. The van der Waals surface area contributed by atoms with E-state index in [0.29, 0.717) is 6.61 Å². The number of hydrazine groups is 1. The molecule has 0 heterocycles. The van der Waals surface area contributed by atoms with Crippen molar-refractivity contribution in [1.82, 2.24) is 5.01 Å². The van der Waals surface area contributed by atoms with Crippen LogP contribution in [0.1, 0.15) is 18.0 Å². The van der Waals surface area contributed by atoms with E-state index in [2.05, 4.69) is 30.3 Å². The molecule has 3 aromatic carbocycles. The smallest absolute Gasteiger partial charge is 0.127 e. The van der Waals surface area contributed by atoms with Gasteiger partial charge in [0.25, 0.3) is 0 Å². The third kappa shape index (κ3) is 3.70. The summed E-state index contributed by atoms with van der Waals surface area (Å²) in [6, 6.07) is 24.9. The molecule has 0 saturated heterocycles. The summed E-state index contributed by atoms with van der Waals surface area (Å²) >= 11 is 0. The summed E-state index contributed by atoms with van der Waals surface area (Å²) in [6.07, 6.45) is 0.834. The second-order valence-electron chi connectivity index (χ2n) is 5.71. The second kappa shape index (κ2) is 7.27. The zero-order chi connectivity index (χ0) is 16.1. The number of nitrogens with two attached hydrogens (primary N) is 1. The summed E-state index contributed by atoms with van der Waals surface area (Å²) in [5.74, 6) is 6.94. The first-order chi connectivity index (χ1) is 11.3. The van der Waals surface area contributed by atoms with Gasteiger partial charge in [-0.25, -0.2) is 5.01 Å². The third-order valence-electron chi connectivity index (χ3n) is 4.07. The molecule has 0 bridgehead atoms. The minimum absolute atomic E-state index is 0.145. The maximum absolute atomic E-state index is 6.04. The summed E-state index contributed by atoms with van der Waals surface area (Å²) in [6.45, 7) is 0.620. The summed E-state index contributed by atoms with van der Waals surface area (Å²) in [5, 5.41) is 4.09. The fourth-order valence-electron chi connectivity index (χ4n) is 2.88. The van der Waals surface area contributed by atoms with Crippen molar-refractivity contribution >= 4 is 10.8 Å². The molecule has 3 nitrogen and oxygen atoms in total. The van der Waals surface area contributed by atoms with Crippen LogP contribution in [-0.2, 0) is 0 Å². The molecule has 0 aliphatic heterocycles. The summed E-state index contributed by atoms with van der Waals surface area (Å²) < 4.78 is 6.04. The molecule has 0 amide bonds. The first-order valence-corrected chi connectivity index (χ1v) is 7.89. The Morgan fingerprint density at radius 1 is 0.913 bits per heavy atom. The molecule has 0 fully saturated rings. The Balaban J connectivity index is 1.70. The van der Waals surface area contributed by atoms with Crippen LogP contribution in [0.25, 0.3) is 10.8 Å². The van der Waals surface area contributed by atoms with E-state index in [1.54, 1.807) is 5.01 Å². The van der Waals surface area contributed by atoms with Crippen molar-refractivity contribution in [3.05, 3.63) is 78.4 Å². The van der Waals surface area contributed by atoms with Gasteiger partial charge in [-0.05, 0) is 17.0 Å². The fourth-order valence-corrected chi connectivity index (χ4v) is 2.88. The van der Waals surface area contributed by atoms with E-state index in [1.807, 2.05) is 49.5 Å². The van der Waals surface area contributed by atoms with Gasteiger partial charge >= 0.3 is 0 Å². The van der Waals surface area contributed by atoms with Crippen LogP contribution in [0.4, 0.5) is 0 Å². The van der Waals surface area contributed by atoms with Gasteiger partial charge < -0.3 is 4.74 Å². The molecule has 3 rings (SSSR count). The van der Waals surface area contributed by atoms with Crippen LogP contribution >= 0.6 is 0 Å². The van der Waals surface area contributed by atoms with Gasteiger partial charge in [0, 0.05) is 18.9 Å². The highest BCUT2D eigenvalue weighted by Gasteiger charge is 2.14. The molecular formula is C20H22N2O. The molecule has 3 heteroatoms. The lowest BCUT2D eigenvalue weighted by atomic mass is 10.0. The third-order valence-corrected chi connectivity index (χ3v) is 4.07. The Kier molecular flexibility index (Phi) is 4.91. The molecular weight excluding hydrogens is 284 g/mol. The predicted molar refractivity (Wildman–Crippen MR) is 95.2 cm³/mol. The number of rotatable bonds is 6. The van der Waals surface area contributed by atoms with Gasteiger partial charge in [0.2, 0.25) is 0 Å². The average Bonchev–Trinajstić information content (AvgIpc) is 2.59. The fraction of sp³-hybridized carbons (Fsp3) is 0.200. The lowest BCUT2D eigenvalue weighted by molar-refractivity contribution is 0.199. The zero-order valence-corrected chi connectivity index (χ0v) is 13.4. The topological polar surface area (TPSA) is 38.5 Å². The number of nitrogens with zero attached hydrogens (tertiary/aromatic N) is 1. The Morgan fingerprint density at radius 3 is 2.39 bits per heavy atom. The number of hydrogen-bond acceptors (Lipinski definition) is 3. The van der Waals surface area contributed by atoms with Crippen molar-refractivity contribution in [2.75, 3.05) is 13.7 Å². The maximum Gasteiger partial charge on any atom is 0.127 e. The molecule has 1 atom stereocenters. The van der Waals surface area contributed by atoms with Gasteiger partial charge in [0.15, 0.2) is 0 Å². The van der Waals surface area contributed by atoms with Gasteiger partial charge in [-0.1, -0.05) is 66.7 Å². The molecule has 0 saturated carbocycles. The molecule has 3 aromatic rings. The first kappa shape index (κ1) is 15.5. The van der Waals surface area contributed by atoms with E-state index >= 15 is 0 Å². The predicted octanol–water partition coefficient (Wildman–Crippen LogP) is 4.16. The number of benzene rings is 3. The highest BCUT2D eigenvalue weighted by atomic mass is 16.5. The summed E-state index contributed by atoms with van der Waals surface area (Å²) in [4.78, 5) is 0. The van der Waals surface area contributed by atoms with Crippen molar-refractivity contribution < 1.29 is 4.74 Å². The lowest BCUT2D eigenvalue weighted by Crippen LogP contribution is -2.32. The highest BCUT2D eigenvalue weighted by Crippen LogP contribution is 2.26. The molecule has 2 N–H and O–H groups in total. The van der Waals surface area contributed by atoms with Crippen LogP contribution in [0.5, 0.6) is 5.75 Å². The first-order valence-electron chi connectivity index (χ1n) is 7.89. The molecule has 118 valence electrons. The van der Waals surface area contributed by atoms with Crippen molar-refractivity contribution in [3.8, 4) is 5.75 Å². The maximum atomic E-state index is 6.04. The van der Waals surface area contributed by atoms with E-state index in [0.717, 1.165) is 17.6 Å². The van der Waals surface area contributed by atoms with Crippen LogP contribution in [0.3, 0.4) is 0 Å². The Hall–Kier alpha value is -2.36. The lowest BCUT2D eigenvalue weighted by Gasteiger charge is -2.24. The number of ether oxygens (including phenoxy) is 1. The van der Waals surface area contributed by atoms with Crippen LogP contribution in [-0.4, -0.2) is 18.7 Å². The van der Waals surface area contributed by atoms with E-state index in [4.69, 9.17) is 10.6 Å². The van der Waals surface area contributed by atoms with Crippen molar-refractivity contribution in [3.63, 3.8) is 0 Å². The van der Waals surface area contributed by atoms with E-state index in [1.165, 1.54) is 10.9 Å². The molecule has 0 aromatic heterocycles. The Labute approximate surface area is 137 Å². The van der Waals surface area contributed by atoms with Gasteiger partial charge in [0.05, 0.1) is 12.6 Å². The molecule has 0 spiro atoms. The SMILES string of the molecule is CN(N)[C@H](CCOc1cccc2ccccc12)c1ccccc1. The van der Waals surface area contributed by atoms with E-state index < -0.39 is 0 Å². The molecule has 0 aliphatic carbocycles. The van der Waals surface area contributed by atoms with Crippen LogP contribution < -0.4 is 10.6 Å². The summed E-state index contributed by atoms with van der Waals surface area (Å²) in [7, 11) is 1.90. The van der Waals surface area contributed by atoms with Gasteiger partial charge in [-0.15, -0.1) is 0 Å². The van der Waals surface area contributed by atoms with Crippen molar-refractivity contribution in [1.29, 1.82) is 0 Å². The summed E-state index contributed by atoms with van der Waals surface area (Å²) in [5.41, 5.74) is 1.21. The number of hydrogen-bond donors (Lipinski definition) is 1. The molecule has 0 unspecified atom stereocenters. The van der Waals surface area contributed by atoms with E-state index in [-0.39, 0.29) is 6.04 Å². The van der Waals surface area contributed by atoms with Crippen LogP contribution in [0.2, 0.25) is 0 Å². The average molecular weight is 306 g/mol. The Bertz CT molecular complexity index is 750. The Morgan fingerprint density at radius 2 is 1.61 bits per heavy atom. The minimum Gasteiger partial charge on any atom is -0.493 e. The second-order valence-corrected chi connectivity index (χ2v) is 5.71. The zero-order valence-electron chi connectivity index (χ0n) is 13.4. The normalized spacial score (nSPS) is 12.5. The van der Waals surface area contributed by atoms with Crippen molar-refractivity contribution in [2.24, 2.45) is 5.84 Å². The van der Waals surface area contributed by atoms with Gasteiger partial charge in [-0.2, -0.15) is 0 Å². The quantitative estimate of drug-likeness (QED) is 0.549. The number of fused-ring (bicyclic) bond motifs is 1. The van der Waals surface area contributed by atoms with Gasteiger partial charge in [-0.3, -0.25) is 5.84 Å². The van der Waals surface area contributed by atoms with E-state index in [9.17, 15) is 0 Å². The van der Waals surface area contributed by atoms with Crippen LogP contribution in [0, 0.1) is 0 Å². The minimum atomic E-state index is 0.145. The monoisotopic (exact) mass is 306 g/mol. The standard InChI is InChI=1S/C20H22N2O/c1-22(21)19(17-9-3-2-4-10-17)14-15-23-20-13-7-11-16-8-5-6-12-18(16)20/h2-13,19H,14-15,21H2,1H3/t19-/m1/s1. The molecule has 0 aliphatic rings.